The molecular weight excluding hydrogens is 302 g/mol. The normalized spacial score (nSPS) is 9.90. The summed E-state index contributed by atoms with van der Waals surface area (Å²) in [4.78, 5) is 34.5. The molecule has 0 saturated carbocycles. The van der Waals surface area contributed by atoms with E-state index in [0.29, 0.717) is 17.2 Å². The van der Waals surface area contributed by atoms with Gasteiger partial charge in [0.25, 0.3) is 0 Å². The number of thioether (sulfide) groups is 1. The van der Waals surface area contributed by atoms with Crippen molar-refractivity contribution >= 4 is 46.6 Å². The van der Waals surface area contributed by atoms with Crippen LogP contribution < -0.4 is 5.32 Å². The average molecular weight is 317 g/mol. The number of carbonyl (C=O) groups excluding carboxylic acids is 3. The van der Waals surface area contributed by atoms with Gasteiger partial charge in [0.15, 0.2) is 0 Å². The lowest BCUT2D eigenvalue weighted by Crippen LogP contribution is -2.17. The molecule has 1 heterocycles. The minimum atomic E-state index is -0.491. The molecule has 1 N–H and O–H groups in total. The molecule has 8 heteroatoms. The summed E-state index contributed by atoms with van der Waals surface area (Å²) in [6, 6.07) is 1.63. The first kappa shape index (κ1) is 16.5. The highest BCUT2D eigenvalue weighted by atomic mass is 32.2. The summed E-state index contributed by atoms with van der Waals surface area (Å²) in [6.07, 6.45) is 0. The zero-order valence-corrected chi connectivity index (χ0v) is 12.8. The molecule has 0 bridgehead atoms. The van der Waals surface area contributed by atoms with Gasteiger partial charge in [-0.05, 0) is 18.4 Å². The molecule has 6 nitrogen and oxygen atoms in total. The summed E-state index contributed by atoms with van der Waals surface area (Å²) >= 11 is 2.34. The van der Waals surface area contributed by atoms with Crippen molar-refractivity contribution in [1.82, 2.24) is 0 Å². The van der Waals surface area contributed by atoms with Crippen molar-refractivity contribution in [3.8, 4) is 0 Å². The Morgan fingerprint density at radius 1 is 1.35 bits per heavy atom. The predicted molar refractivity (Wildman–Crippen MR) is 78.2 cm³/mol. The largest absolute Gasteiger partial charge is 0.465 e. The van der Waals surface area contributed by atoms with Crippen LogP contribution in [0.2, 0.25) is 0 Å². The van der Waals surface area contributed by atoms with E-state index < -0.39 is 5.97 Å². The zero-order valence-electron chi connectivity index (χ0n) is 11.1. The van der Waals surface area contributed by atoms with E-state index in [1.807, 2.05) is 0 Å². The van der Waals surface area contributed by atoms with E-state index in [2.05, 4.69) is 10.1 Å². The number of nitrogens with one attached hydrogen (secondary N) is 1. The number of anilines is 1. The fraction of sp³-hybridized carbons (Fsp3) is 0.417. The van der Waals surface area contributed by atoms with Gasteiger partial charge in [0, 0.05) is 0 Å². The lowest BCUT2D eigenvalue weighted by atomic mass is 10.4. The third kappa shape index (κ3) is 5.22. The van der Waals surface area contributed by atoms with Crippen molar-refractivity contribution < 1.29 is 23.9 Å². The average Bonchev–Trinajstić information content (AvgIpc) is 2.86. The zero-order chi connectivity index (χ0) is 15.0. The number of rotatable bonds is 7. The molecule has 20 heavy (non-hydrogen) atoms. The van der Waals surface area contributed by atoms with Crippen molar-refractivity contribution in [1.29, 1.82) is 0 Å². The highest BCUT2D eigenvalue weighted by molar-refractivity contribution is 8.00. The Morgan fingerprint density at radius 3 is 2.75 bits per heavy atom. The fourth-order valence-corrected chi connectivity index (χ4v) is 2.65. The number of carbonyl (C=O) groups is 3. The van der Waals surface area contributed by atoms with Crippen LogP contribution in [0.25, 0.3) is 0 Å². The molecule has 0 saturated heterocycles. The molecule has 1 amide bonds. The van der Waals surface area contributed by atoms with Crippen LogP contribution in [0.5, 0.6) is 0 Å². The monoisotopic (exact) mass is 317 g/mol. The van der Waals surface area contributed by atoms with Gasteiger partial charge in [0.05, 0.1) is 30.9 Å². The van der Waals surface area contributed by atoms with E-state index in [4.69, 9.17) is 4.74 Å². The minimum absolute atomic E-state index is 0.106. The maximum absolute atomic E-state index is 11.7. The summed E-state index contributed by atoms with van der Waals surface area (Å²) in [6.45, 7) is 2.04. The first-order valence-electron chi connectivity index (χ1n) is 5.77. The third-order valence-electron chi connectivity index (χ3n) is 2.07. The van der Waals surface area contributed by atoms with Crippen LogP contribution >= 0.6 is 23.1 Å². The van der Waals surface area contributed by atoms with Crippen molar-refractivity contribution in [2.75, 3.05) is 30.5 Å². The summed E-state index contributed by atoms with van der Waals surface area (Å²) in [7, 11) is 1.28. The van der Waals surface area contributed by atoms with Gasteiger partial charge < -0.3 is 14.8 Å². The predicted octanol–water partition coefficient (Wildman–Crippen LogP) is 1.77. The molecule has 0 aromatic carbocycles. The van der Waals surface area contributed by atoms with Crippen molar-refractivity contribution in [3.05, 3.63) is 16.3 Å². The van der Waals surface area contributed by atoms with Crippen LogP contribution in [0.4, 0.5) is 5.69 Å². The first-order chi connectivity index (χ1) is 9.58. The van der Waals surface area contributed by atoms with Gasteiger partial charge in [-0.1, -0.05) is 0 Å². The summed E-state index contributed by atoms with van der Waals surface area (Å²) in [5, 5.41) is 4.30. The minimum Gasteiger partial charge on any atom is -0.465 e. The molecular formula is C12H15NO5S2. The van der Waals surface area contributed by atoms with Gasteiger partial charge in [0.2, 0.25) is 5.91 Å². The Balaban J connectivity index is 2.41. The summed E-state index contributed by atoms with van der Waals surface area (Å²) in [5.74, 6) is -0.905. The second kappa shape index (κ2) is 8.60. The number of esters is 2. The van der Waals surface area contributed by atoms with E-state index in [9.17, 15) is 14.4 Å². The fourth-order valence-electron chi connectivity index (χ4n) is 1.27. The maximum atomic E-state index is 11.7. The lowest BCUT2D eigenvalue weighted by Gasteiger charge is -2.05. The number of thiophene rings is 1. The van der Waals surface area contributed by atoms with Gasteiger partial charge in [-0.3, -0.25) is 9.59 Å². The molecule has 1 aromatic rings. The molecule has 0 spiro atoms. The van der Waals surface area contributed by atoms with E-state index in [1.54, 1.807) is 18.4 Å². The molecule has 0 unspecified atom stereocenters. The number of ether oxygens (including phenoxy) is 2. The van der Waals surface area contributed by atoms with Crippen molar-refractivity contribution in [3.63, 3.8) is 0 Å². The quantitative estimate of drug-likeness (QED) is 0.772. The highest BCUT2D eigenvalue weighted by Crippen LogP contribution is 2.23. The standard InChI is InChI=1S/C12H15NO5S2/c1-3-18-10(15)7-19-6-9(14)13-8-4-5-20-11(8)12(16)17-2/h4-5H,3,6-7H2,1-2H3,(H,13,14). The van der Waals surface area contributed by atoms with Crippen LogP contribution in [-0.4, -0.2) is 43.1 Å². The molecule has 110 valence electrons. The van der Waals surface area contributed by atoms with Gasteiger partial charge in [-0.15, -0.1) is 23.1 Å². The molecule has 0 fully saturated rings. The van der Waals surface area contributed by atoms with Gasteiger partial charge in [0.1, 0.15) is 4.88 Å². The third-order valence-corrected chi connectivity index (χ3v) is 3.87. The van der Waals surface area contributed by atoms with E-state index in [-0.39, 0.29) is 23.4 Å². The van der Waals surface area contributed by atoms with E-state index >= 15 is 0 Å². The smallest absolute Gasteiger partial charge is 0.350 e. The van der Waals surface area contributed by atoms with Gasteiger partial charge in [-0.2, -0.15) is 0 Å². The molecule has 0 aliphatic heterocycles. The van der Waals surface area contributed by atoms with Crippen LogP contribution in [0, 0.1) is 0 Å². The molecule has 0 aliphatic rings. The molecule has 1 aromatic heterocycles. The molecule has 1 rings (SSSR count). The Morgan fingerprint density at radius 2 is 2.10 bits per heavy atom. The summed E-state index contributed by atoms with van der Waals surface area (Å²) in [5.41, 5.74) is 0.420. The maximum Gasteiger partial charge on any atom is 0.350 e. The number of amides is 1. The van der Waals surface area contributed by atoms with Crippen molar-refractivity contribution in [2.24, 2.45) is 0 Å². The second-order valence-corrected chi connectivity index (χ2v) is 5.40. The topological polar surface area (TPSA) is 81.7 Å². The second-order valence-electron chi connectivity index (χ2n) is 3.50. The van der Waals surface area contributed by atoms with E-state index in [0.717, 1.165) is 11.8 Å². The van der Waals surface area contributed by atoms with Crippen LogP contribution in [-0.2, 0) is 19.1 Å². The van der Waals surface area contributed by atoms with Crippen LogP contribution in [0.1, 0.15) is 16.6 Å². The van der Waals surface area contributed by atoms with Gasteiger partial charge in [-0.25, -0.2) is 4.79 Å². The Bertz CT molecular complexity index is 486. The van der Waals surface area contributed by atoms with E-state index in [1.165, 1.54) is 18.4 Å². The molecule has 0 atom stereocenters. The van der Waals surface area contributed by atoms with Gasteiger partial charge >= 0.3 is 11.9 Å². The number of hydrogen-bond acceptors (Lipinski definition) is 7. The first-order valence-corrected chi connectivity index (χ1v) is 7.81. The number of hydrogen-bond donors (Lipinski definition) is 1. The molecule has 0 aliphatic carbocycles. The van der Waals surface area contributed by atoms with Crippen LogP contribution in [0.15, 0.2) is 11.4 Å². The Labute approximate surface area is 124 Å². The highest BCUT2D eigenvalue weighted by Gasteiger charge is 2.15. The molecule has 0 radical (unpaired) electrons. The summed E-state index contributed by atoms with van der Waals surface area (Å²) < 4.78 is 9.35. The lowest BCUT2D eigenvalue weighted by molar-refractivity contribution is -0.139. The Kier molecular flexibility index (Phi) is 7.10. The van der Waals surface area contributed by atoms with Crippen molar-refractivity contribution in [2.45, 2.75) is 6.92 Å². The van der Waals surface area contributed by atoms with Crippen LogP contribution in [0.3, 0.4) is 0 Å². The number of methoxy groups -OCH3 is 1. The SMILES string of the molecule is CCOC(=O)CSCC(=O)Nc1ccsc1C(=O)OC. The Hall–Kier alpha value is -1.54.